The van der Waals surface area contributed by atoms with Crippen molar-refractivity contribution in [3.63, 3.8) is 0 Å². The predicted molar refractivity (Wildman–Crippen MR) is 152 cm³/mol. The van der Waals surface area contributed by atoms with Crippen LogP contribution in [-0.4, -0.2) is 52.0 Å². The second kappa shape index (κ2) is 14.6. The minimum Gasteiger partial charge on any atom is -0.493 e. The first-order valence-electron chi connectivity index (χ1n) is 11.6. The normalized spacial score (nSPS) is 9.89. The monoisotopic (exact) mass is 526 g/mol. The van der Waals surface area contributed by atoms with Gasteiger partial charge in [-0.05, 0) is 30.7 Å². The van der Waals surface area contributed by atoms with Crippen LogP contribution < -0.4 is 29.2 Å². The van der Waals surface area contributed by atoms with Crippen LogP contribution >= 0.6 is 12.4 Å². The molecule has 1 aromatic heterocycles. The van der Waals surface area contributed by atoms with E-state index in [1.54, 1.807) is 28.4 Å². The molecule has 4 aromatic rings. The van der Waals surface area contributed by atoms with Crippen LogP contribution in [0.15, 0.2) is 66.7 Å². The third-order valence-corrected chi connectivity index (χ3v) is 5.43. The zero-order valence-corrected chi connectivity index (χ0v) is 23.0. The highest BCUT2D eigenvalue weighted by atomic mass is 35.5. The summed E-state index contributed by atoms with van der Waals surface area (Å²) in [5, 5.41) is 4.12. The Bertz CT molecular complexity index is 1230. The van der Waals surface area contributed by atoms with Crippen molar-refractivity contribution in [2.75, 3.05) is 52.2 Å². The molecular formula is C28H35ClN4O4. The quantitative estimate of drug-likeness (QED) is 0.291. The van der Waals surface area contributed by atoms with Gasteiger partial charge in [-0.15, -0.1) is 12.4 Å². The van der Waals surface area contributed by atoms with Crippen LogP contribution in [-0.2, 0) is 6.54 Å². The third kappa shape index (κ3) is 7.54. The highest BCUT2D eigenvalue weighted by Gasteiger charge is 2.16. The number of para-hydroxylation sites is 2. The summed E-state index contributed by atoms with van der Waals surface area (Å²) in [6, 6.07) is 21.7. The number of benzene rings is 3. The zero-order valence-electron chi connectivity index (χ0n) is 22.1. The van der Waals surface area contributed by atoms with E-state index in [0.717, 1.165) is 41.3 Å². The van der Waals surface area contributed by atoms with E-state index in [2.05, 4.69) is 27.3 Å². The van der Waals surface area contributed by atoms with Crippen molar-refractivity contribution in [1.82, 2.24) is 9.97 Å². The Labute approximate surface area is 225 Å². The van der Waals surface area contributed by atoms with Gasteiger partial charge in [0.1, 0.15) is 5.82 Å². The van der Waals surface area contributed by atoms with Crippen molar-refractivity contribution < 1.29 is 18.9 Å². The first-order chi connectivity index (χ1) is 17.5. The molecule has 0 atom stereocenters. The van der Waals surface area contributed by atoms with Crippen molar-refractivity contribution in [3.8, 4) is 23.0 Å². The Morgan fingerprint density at radius 1 is 0.730 bits per heavy atom. The molecule has 0 aliphatic carbocycles. The van der Waals surface area contributed by atoms with Crippen LogP contribution in [0.25, 0.3) is 10.9 Å². The van der Waals surface area contributed by atoms with Crippen molar-refractivity contribution in [2.45, 2.75) is 13.5 Å². The van der Waals surface area contributed by atoms with Crippen LogP contribution in [0.5, 0.6) is 23.0 Å². The average molecular weight is 527 g/mol. The van der Waals surface area contributed by atoms with E-state index in [1.165, 1.54) is 5.56 Å². The molecule has 198 valence electrons. The van der Waals surface area contributed by atoms with Gasteiger partial charge in [0.25, 0.3) is 0 Å². The maximum absolute atomic E-state index is 5.46. The number of nitrogens with zero attached hydrogens (tertiary/aromatic N) is 3. The molecule has 0 spiro atoms. The molecule has 0 saturated heterocycles. The van der Waals surface area contributed by atoms with E-state index in [-0.39, 0.29) is 12.4 Å². The van der Waals surface area contributed by atoms with Gasteiger partial charge in [-0.25, -0.2) is 4.98 Å². The molecule has 8 nitrogen and oxygen atoms in total. The maximum atomic E-state index is 5.46. The predicted octanol–water partition coefficient (Wildman–Crippen LogP) is 5.84. The van der Waals surface area contributed by atoms with Crippen molar-refractivity contribution >= 4 is 35.1 Å². The minimum atomic E-state index is 0. The van der Waals surface area contributed by atoms with E-state index in [1.807, 2.05) is 68.6 Å². The van der Waals surface area contributed by atoms with E-state index in [4.69, 9.17) is 23.9 Å². The van der Waals surface area contributed by atoms with E-state index in [0.29, 0.717) is 17.4 Å². The Kier molecular flexibility index (Phi) is 11.6. The second-order valence-electron chi connectivity index (χ2n) is 7.82. The van der Waals surface area contributed by atoms with Gasteiger partial charge in [0.15, 0.2) is 23.0 Å². The zero-order chi connectivity index (χ0) is 25.9. The molecule has 1 N–H and O–H groups in total. The van der Waals surface area contributed by atoms with Gasteiger partial charge in [0.05, 0.1) is 34.0 Å². The second-order valence-corrected chi connectivity index (χ2v) is 7.82. The molecular weight excluding hydrogens is 492 g/mol. The van der Waals surface area contributed by atoms with Crippen LogP contribution in [0.4, 0.5) is 11.8 Å². The molecule has 0 fully saturated rings. The van der Waals surface area contributed by atoms with E-state index in [9.17, 15) is 0 Å². The number of halogens is 1. The fourth-order valence-electron chi connectivity index (χ4n) is 3.69. The lowest BCUT2D eigenvalue weighted by Gasteiger charge is -2.21. The van der Waals surface area contributed by atoms with E-state index >= 15 is 0 Å². The fraction of sp³-hybridized carbons (Fsp3) is 0.286. The van der Waals surface area contributed by atoms with Crippen LogP contribution in [0.2, 0.25) is 0 Å². The molecule has 0 bridgehead atoms. The third-order valence-electron chi connectivity index (χ3n) is 5.43. The highest BCUT2D eigenvalue weighted by Crippen LogP contribution is 2.35. The van der Waals surface area contributed by atoms with Gasteiger partial charge in [-0.2, -0.15) is 4.98 Å². The summed E-state index contributed by atoms with van der Waals surface area (Å²) in [7, 11) is 8.53. The number of nitrogens with one attached hydrogen (secondary N) is 1. The SMILES string of the molecule is CCNc1nc(N(C)Cc2ccccc2)c2cc(OC)c(OC)cc2n1.COc1ccccc1OC.Cl. The Morgan fingerprint density at radius 3 is 1.81 bits per heavy atom. The lowest BCUT2D eigenvalue weighted by molar-refractivity contribution is 0.355. The summed E-state index contributed by atoms with van der Waals surface area (Å²) in [5.41, 5.74) is 2.02. The number of hydrogen-bond acceptors (Lipinski definition) is 8. The molecule has 3 aromatic carbocycles. The van der Waals surface area contributed by atoms with Crippen molar-refractivity contribution in [2.24, 2.45) is 0 Å². The van der Waals surface area contributed by atoms with Gasteiger partial charge in [0, 0.05) is 31.6 Å². The molecule has 0 unspecified atom stereocenters. The fourth-order valence-corrected chi connectivity index (χ4v) is 3.69. The summed E-state index contributed by atoms with van der Waals surface area (Å²) in [6.07, 6.45) is 0. The number of rotatable bonds is 9. The number of ether oxygens (including phenoxy) is 4. The Hall–Kier alpha value is -3.91. The topological polar surface area (TPSA) is 78.0 Å². The van der Waals surface area contributed by atoms with Gasteiger partial charge in [0.2, 0.25) is 5.95 Å². The average Bonchev–Trinajstić information content (AvgIpc) is 2.92. The largest absolute Gasteiger partial charge is 0.493 e. The van der Waals surface area contributed by atoms with E-state index < -0.39 is 0 Å². The standard InChI is InChI=1S/C20H24N4O2.C8H10O2.ClH/c1-5-21-20-22-16-12-18(26-4)17(25-3)11-15(16)19(23-20)24(2)13-14-9-7-6-8-10-14;1-9-7-5-3-4-6-8(7)10-2;/h6-12H,5,13H2,1-4H3,(H,21,22,23);3-6H,1-2H3;1H. The maximum Gasteiger partial charge on any atom is 0.225 e. The molecule has 0 saturated carbocycles. The summed E-state index contributed by atoms with van der Waals surface area (Å²) in [4.78, 5) is 11.5. The number of fused-ring (bicyclic) bond motifs is 1. The van der Waals surface area contributed by atoms with Crippen LogP contribution in [0.3, 0.4) is 0 Å². The van der Waals surface area contributed by atoms with Crippen molar-refractivity contribution in [1.29, 1.82) is 0 Å². The Balaban J connectivity index is 0.000000369. The first-order valence-corrected chi connectivity index (χ1v) is 11.6. The smallest absolute Gasteiger partial charge is 0.225 e. The summed E-state index contributed by atoms with van der Waals surface area (Å²) >= 11 is 0. The molecule has 9 heteroatoms. The number of anilines is 2. The highest BCUT2D eigenvalue weighted by molar-refractivity contribution is 5.93. The van der Waals surface area contributed by atoms with Gasteiger partial charge in [-0.3, -0.25) is 0 Å². The van der Waals surface area contributed by atoms with Crippen LogP contribution in [0, 0.1) is 0 Å². The molecule has 1 heterocycles. The molecule has 0 radical (unpaired) electrons. The first kappa shape index (κ1) is 29.3. The summed E-state index contributed by atoms with van der Waals surface area (Å²) < 4.78 is 20.9. The number of hydrogen-bond donors (Lipinski definition) is 1. The summed E-state index contributed by atoms with van der Waals surface area (Å²) in [6.45, 7) is 3.52. The lowest BCUT2D eigenvalue weighted by atomic mass is 10.1. The van der Waals surface area contributed by atoms with Crippen LogP contribution in [0.1, 0.15) is 12.5 Å². The molecule has 37 heavy (non-hydrogen) atoms. The van der Waals surface area contributed by atoms with Gasteiger partial charge in [-0.1, -0.05) is 42.5 Å². The lowest BCUT2D eigenvalue weighted by Crippen LogP contribution is -2.19. The molecule has 4 rings (SSSR count). The van der Waals surface area contributed by atoms with Gasteiger partial charge < -0.3 is 29.2 Å². The van der Waals surface area contributed by atoms with Crippen molar-refractivity contribution in [3.05, 3.63) is 72.3 Å². The summed E-state index contributed by atoms with van der Waals surface area (Å²) in [5.74, 6) is 4.29. The molecule has 0 amide bonds. The molecule has 0 aliphatic rings. The Morgan fingerprint density at radius 2 is 1.27 bits per heavy atom. The number of methoxy groups -OCH3 is 4. The van der Waals surface area contributed by atoms with Gasteiger partial charge >= 0.3 is 0 Å². The number of aromatic nitrogens is 2. The minimum absolute atomic E-state index is 0. The molecule has 0 aliphatic heterocycles.